The number of halogens is 1. The maximum Gasteiger partial charge on any atom is 0.305 e. The van der Waals surface area contributed by atoms with E-state index in [0.717, 1.165) is 44.4 Å². The van der Waals surface area contributed by atoms with Crippen molar-refractivity contribution in [3.63, 3.8) is 0 Å². The predicted octanol–water partition coefficient (Wildman–Crippen LogP) is 7.57. The van der Waals surface area contributed by atoms with Crippen LogP contribution in [0.3, 0.4) is 0 Å². The molecule has 2 atom stereocenters. The van der Waals surface area contributed by atoms with Gasteiger partial charge in [0.25, 0.3) is 0 Å². The van der Waals surface area contributed by atoms with Crippen molar-refractivity contribution in [1.82, 2.24) is 0 Å². The molecule has 0 N–H and O–H groups in total. The molecule has 4 nitrogen and oxygen atoms in total. The van der Waals surface area contributed by atoms with Crippen LogP contribution in [0.1, 0.15) is 85.0 Å². The second-order valence-electron chi connectivity index (χ2n) is 10.7. The molecule has 0 bridgehead atoms. The van der Waals surface area contributed by atoms with E-state index in [2.05, 4.69) is 45.1 Å². The van der Waals surface area contributed by atoms with Crippen molar-refractivity contribution in [3.05, 3.63) is 22.8 Å². The minimum Gasteiger partial charge on any atom is -0.469 e. The topological polar surface area (TPSA) is 52.6 Å². The average Bonchev–Trinajstić information content (AvgIpc) is 2.91. The molecule has 0 spiro atoms. The lowest BCUT2D eigenvalue weighted by atomic mass is 9.86. The zero-order chi connectivity index (χ0) is 24.4. The number of ketones is 1. The number of carbonyl (C=O) groups is 2. The summed E-state index contributed by atoms with van der Waals surface area (Å²) in [6.45, 7) is 13.3. The molecule has 0 aromatic heterocycles. The maximum absolute atomic E-state index is 13.0. The Morgan fingerprint density at radius 3 is 2.38 bits per heavy atom. The van der Waals surface area contributed by atoms with Crippen LogP contribution in [0.5, 0.6) is 0 Å². The first-order valence-electron chi connectivity index (χ1n) is 12.3. The summed E-state index contributed by atoms with van der Waals surface area (Å²) >= 11 is 6.37. The fraction of sp³-hybridized carbons (Fsp3) is 0.769. The summed E-state index contributed by atoms with van der Waals surface area (Å²) in [5, 5.41) is 0.285. The van der Waals surface area contributed by atoms with Crippen LogP contribution in [0.25, 0.3) is 0 Å². The van der Waals surface area contributed by atoms with Crippen molar-refractivity contribution in [3.8, 4) is 0 Å². The number of carbonyl (C=O) groups excluding carboxylic acids is 2. The van der Waals surface area contributed by atoms with Gasteiger partial charge >= 0.3 is 5.97 Å². The van der Waals surface area contributed by atoms with Gasteiger partial charge in [0.05, 0.1) is 12.1 Å². The Morgan fingerprint density at radius 1 is 1.09 bits per heavy atom. The third-order valence-electron chi connectivity index (χ3n) is 5.91. The number of hydrogen-bond donors (Lipinski definition) is 0. The van der Waals surface area contributed by atoms with Gasteiger partial charge in [0, 0.05) is 12.0 Å². The van der Waals surface area contributed by atoms with Gasteiger partial charge in [-0.2, -0.15) is 0 Å². The van der Waals surface area contributed by atoms with E-state index >= 15 is 0 Å². The molecule has 1 aliphatic rings. The van der Waals surface area contributed by atoms with E-state index in [1.165, 1.54) is 26.4 Å². The smallest absolute Gasteiger partial charge is 0.305 e. The van der Waals surface area contributed by atoms with E-state index in [9.17, 15) is 9.59 Å². The minimum absolute atomic E-state index is 0.0908. The van der Waals surface area contributed by atoms with Crippen molar-refractivity contribution in [2.75, 3.05) is 7.11 Å². The largest absolute Gasteiger partial charge is 0.469 e. The van der Waals surface area contributed by atoms with E-state index < -0.39 is 13.9 Å². The van der Waals surface area contributed by atoms with Crippen molar-refractivity contribution >= 4 is 31.7 Å². The number of unbranched alkanes of at least 4 members (excludes halogenated alkanes) is 3. The zero-order valence-corrected chi connectivity index (χ0v) is 23.1. The second kappa shape index (κ2) is 13.7. The van der Waals surface area contributed by atoms with Crippen molar-refractivity contribution < 1.29 is 18.8 Å². The molecule has 1 aliphatic carbocycles. The molecule has 0 radical (unpaired) electrons. The quantitative estimate of drug-likeness (QED) is 0.104. The van der Waals surface area contributed by atoms with Crippen LogP contribution in [-0.2, 0) is 18.8 Å². The molecular formula is C26H45ClO4Si. The van der Waals surface area contributed by atoms with E-state index in [0.29, 0.717) is 17.9 Å². The van der Waals surface area contributed by atoms with Gasteiger partial charge in [-0.25, -0.2) is 0 Å². The van der Waals surface area contributed by atoms with Gasteiger partial charge < -0.3 is 9.16 Å². The van der Waals surface area contributed by atoms with Crippen LogP contribution in [0.15, 0.2) is 22.8 Å². The molecule has 184 valence electrons. The number of Topliss-reactive ketones (excluding diaryl/α,β-unsaturated/α-hetero) is 1. The molecule has 0 fully saturated rings. The maximum atomic E-state index is 13.0. The Hall–Kier alpha value is -0.913. The van der Waals surface area contributed by atoms with E-state index in [-0.39, 0.29) is 16.8 Å². The van der Waals surface area contributed by atoms with Crippen LogP contribution in [0, 0.1) is 11.8 Å². The summed E-state index contributed by atoms with van der Waals surface area (Å²) in [4.78, 5) is 24.2. The third-order valence-corrected chi connectivity index (χ3v) is 7.17. The number of rotatable bonds is 15. The molecule has 0 saturated carbocycles. The van der Waals surface area contributed by atoms with Gasteiger partial charge in [0.15, 0.2) is 8.32 Å². The molecule has 0 aromatic carbocycles. The summed E-state index contributed by atoms with van der Waals surface area (Å²) in [5.41, 5.74) is 0.0176. The minimum atomic E-state index is -1.93. The SMILES string of the molecule is COC(=O)CCCCC/C=C1/C(=O)C(Cl)=CC1(CCC(C)CCCC(C)C)O[Si](C)(C)C. The first-order valence-corrected chi connectivity index (χ1v) is 16.1. The van der Waals surface area contributed by atoms with Gasteiger partial charge in [-0.1, -0.05) is 64.1 Å². The molecule has 0 aliphatic heterocycles. The van der Waals surface area contributed by atoms with Crippen molar-refractivity contribution in [2.24, 2.45) is 11.8 Å². The van der Waals surface area contributed by atoms with Gasteiger partial charge in [0.2, 0.25) is 5.78 Å². The summed E-state index contributed by atoms with van der Waals surface area (Å²) in [7, 11) is -0.517. The number of ether oxygens (including phenoxy) is 1. The average molecular weight is 485 g/mol. The summed E-state index contributed by atoms with van der Waals surface area (Å²) in [5.74, 6) is 1.06. The molecule has 6 heteroatoms. The molecule has 2 unspecified atom stereocenters. The van der Waals surface area contributed by atoms with Gasteiger partial charge in [0.1, 0.15) is 5.60 Å². The van der Waals surface area contributed by atoms with E-state index in [1.807, 2.05) is 12.2 Å². The third kappa shape index (κ3) is 10.3. The number of esters is 1. The molecule has 1 rings (SSSR count). The number of allylic oxidation sites excluding steroid dienone is 2. The first kappa shape index (κ1) is 29.1. The molecule has 32 heavy (non-hydrogen) atoms. The van der Waals surface area contributed by atoms with Crippen LogP contribution in [0.4, 0.5) is 0 Å². The van der Waals surface area contributed by atoms with E-state index in [1.54, 1.807) is 0 Å². The lowest BCUT2D eigenvalue weighted by molar-refractivity contribution is -0.140. The lowest BCUT2D eigenvalue weighted by Gasteiger charge is -2.36. The van der Waals surface area contributed by atoms with Crippen LogP contribution in [0.2, 0.25) is 19.6 Å². The first-order chi connectivity index (χ1) is 14.9. The summed E-state index contributed by atoms with van der Waals surface area (Å²) < 4.78 is 11.4. The standard InChI is InChI=1S/C26H45ClO4Si/c1-20(2)13-12-14-21(3)17-18-26(31-32(5,6)7)19-23(27)25(29)22(26)15-10-8-9-11-16-24(28)30-4/h15,19-21H,8-14,16-18H2,1-7H3/b22-15-. The molecule has 0 saturated heterocycles. The highest BCUT2D eigenvalue weighted by atomic mass is 35.5. The Morgan fingerprint density at radius 2 is 1.78 bits per heavy atom. The molecule has 0 amide bonds. The fourth-order valence-electron chi connectivity index (χ4n) is 4.24. The Labute approximate surface area is 202 Å². The highest BCUT2D eigenvalue weighted by Crippen LogP contribution is 2.42. The van der Waals surface area contributed by atoms with E-state index in [4.69, 9.17) is 16.0 Å². The van der Waals surface area contributed by atoms with Gasteiger partial charge in [-0.15, -0.1) is 0 Å². The van der Waals surface area contributed by atoms with Gasteiger partial charge in [-0.3, -0.25) is 9.59 Å². The highest BCUT2D eigenvalue weighted by Gasteiger charge is 2.46. The Bertz CT molecular complexity index is 678. The van der Waals surface area contributed by atoms with Crippen LogP contribution < -0.4 is 0 Å². The second-order valence-corrected chi connectivity index (χ2v) is 15.5. The molecule has 0 heterocycles. The molecular weight excluding hydrogens is 440 g/mol. The Balaban J connectivity index is 2.86. The number of hydrogen-bond acceptors (Lipinski definition) is 4. The van der Waals surface area contributed by atoms with Crippen molar-refractivity contribution in [1.29, 1.82) is 0 Å². The van der Waals surface area contributed by atoms with Gasteiger partial charge in [-0.05, 0) is 69.7 Å². The lowest BCUT2D eigenvalue weighted by Crippen LogP contribution is -2.42. The monoisotopic (exact) mass is 484 g/mol. The number of methoxy groups -OCH3 is 1. The van der Waals surface area contributed by atoms with Crippen LogP contribution >= 0.6 is 11.6 Å². The predicted molar refractivity (Wildman–Crippen MR) is 136 cm³/mol. The van der Waals surface area contributed by atoms with Crippen LogP contribution in [-0.4, -0.2) is 32.8 Å². The summed E-state index contributed by atoms with van der Waals surface area (Å²) in [6, 6.07) is 0. The normalized spacial score (nSPS) is 21.3. The zero-order valence-electron chi connectivity index (χ0n) is 21.4. The fourth-order valence-corrected chi connectivity index (χ4v) is 5.88. The highest BCUT2D eigenvalue weighted by molar-refractivity contribution is 6.70. The Kier molecular flexibility index (Phi) is 12.5. The molecule has 0 aromatic rings. The summed E-state index contributed by atoms with van der Waals surface area (Å²) in [6.07, 6.45) is 13.3. The van der Waals surface area contributed by atoms with Crippen molar-refractivity contribution in [2.45, 2.75) is 110 Å².